The van der Waals surface area contributed by atoms with E-state index in [4.69, 9.17) is 0 Å². The van der Waals surface area contributed by atoms with Gasteiger partial charge in [-0.3, -0.25) is 0 Å². The van der Waals surface area contributed by atoms with Gasteiger partial charge in [0.2, 0.25) is 0 Å². The Hall–Kier alpha value is -8.98. The molecule has 1 heterocycles. The Kier molecular flexibility index (Phi) is 8.84. The molecule has 69 heavy (non-hydrogen) atoms. The summed E-state index contributed by atoms with van der Waals surface area (Å²) >= 11 is 0. The molecule has 0 atom stereocenters. The summed E-state index contributed by atoms with van der Waals surface area (Å²) in [5.74, 6) is 0. The molecule has 12 aromatic rings. The number of rotatable bonds is 6. The molecule has 0 aliphatic heterocycles. The average Bonchev–Trinajstić information content (AvgIpc) is 3.88. The molecule has 0 saturated heterocycles. The van der Waals surface area contributed by atoms with E-state index in [0.29, 0.717) is 0 Å². The molecule has 322 valence electrons. The van der Waals surface area contributed by atoms with Crippen LogP contribution < -0.4 is 4.90 Å². The third kappa shape index (κ3) is 5.92. The summed E-state index contributed by atoms with van der Waals surface area (Å²) in [4.78, 5) is 2.44. The highest BCUT2D eigenvalue weighted by Gasteiger charge is 2.49. The van der Waals surface area contributed by atoms with E-state index in [1.807, 2.05) is 0 Å². The predicted octanol–water partition coefficient (Wildman–Crippen LogP) is 17.6. The van der Waals surface area contributed by atoms with Gasteiger partial charge < -0.3 is 9.47 Å². The summed E-state index contributed by atoms with van der Waals surface area (Å²) in [5.41, 5.74) is 23.9. The van der Waals surface area contributed by atoms with E-state index in [2.05, 4.69) is 276 Å². The van der Waals surface area contributed by atoms with Gasteiger partial charge in [0, 0.05) is 33.5 Å². The topological polar surface area (TPSA) is 8.17 Å². The molecule has 0 amide bonds. The maximum atomic E-state index is 2.49. The van der Waals surface area contributed by atoms with E-state index in [-0.39, 0.29) is 0 Å². The fourth-order valence-electron chi connectivity index (χ4n) is 11.9. The number of aromatic nitrogens is 1. The Balaban J connectivity index is 0.955. The van der Waals surface area contributed by atoms with Crippen molar-refractivity contribution in [1.82, 2.24) is 4.57 Å². The summed E-state index contributed by atoms with van der Waals surface area (Å²) in [7, 11) is 0. The van der Waals surface area contributed by atoms with Gasteiger partial charge in [0.15, 0.2) is 0 Å². The lowest BCUT2D eigenvalue weighted by Crippen LogP contribution is -2.29. The molecular formula is C67H44N2. The van der Waals surface area contributed by atoms with E-state index < -0.39 is 5.41 Å². The van der Waals surface area contributed by atoms with Gasteiger partial charge in [0.05, 0.1) is 16.4 Å². The molecule has 1 spiro atoms. The van der Waals surface area contributed by atoms with E-state index in [1.54, 1.807) is 0 Å². The molecule has 0 bridgehead atoms. The van der Waals surface area contributed by atoms with Gasteiger partial charge in [0.25, 0.3) is 0 Å². The van der Waals surface area contributed by atoms with E-state index in [1.165, 1.54) is 99.7 Å². The van der Waals surface area contributed by atoms with Gasteiger partial charge in [-0.25, -0.2) is 0 Å². The number of para-hydroxylation sites is 2. The molecule has 2 nitrogen and oxygen atoms in total. The first-order chi connectivity index (χ1) is 34.2. The first kappa shape index (κ1) is 39.2. The summed E-state index contributed by atoms with van der Waals surface area (Å²) in [6, 6.07) is 98.7. The van der Waals surface area contributed by atoms with Gasteiger partial charge in [-0.15, -0.1) is 0 Å². The Labute approximate surface area is 402 Å². The Morgan fingerprint density at radius 2 is 0.681 bits per heavy atom. The molecule has 11 aromatic carbocycles. The van der Waals surface area contributed by atoms with Crippen LogP contribution >= 0.6 is 0 Å². The maximum Gasteiger partial charge on any atom is 0.0726 e. The zero-order chi connectivity index (χ0) is 45.5. The zero-order valence-corrected chi connectivity index (χ0v) is 37.8. The smallest absolute Gasteiger partial charge is 0.0726 e. The molecule has 2 aliphatic carbocycles. The minimum absolute atomic E-state index is 0.580. The van der Waals surface area contributed by atoms with Crippen LogP contribution in [0.15, 0.2) is 267 Å². The van der Waals surface area contributed by atoms with Crippen LogP contribution in [0.25, 0.3) is 83.1 Å². The average molecular weight is 877 g/mol. The second-order valence-electron chi connectivity index (χ2n) is 18.4. The summed E-state index contributed by atoms with van der Waals surface area (Å²) in [6.07, 6.45) is 0. The molecule has 0 N–H and O–H groups in total. The van der Waals surface area contributed by atoms with Gasteiger partial charge in [0.1, 0.15) is 0 Å². The summed E-state index contributed by atoms with van der Waals surface area (Å²) in [5, 5.41) is 2.49. The number of nitrogens with zero attached hydrogens (tertiary/aromatic N) is 2. The highest BCUT2D eigenvalue weighted by Crippen LogP contribution is 2.62. The molecule has 0 saturated carbocycles. The van der Waals surface area contributed by atoms with Gasteiger partial charge in [-0.1, -0.05) is 200 Å². The van der Waals surface area contributed by atoms with Crippen LogP contribution in [0, 0.1) is 0 Å². The second kappa shape index (κ2) is 15.6. The minimum atomic E-state index is -0.580. The predicted molar refractivity (Wildman–Crippen MR) is 288 cm³/mol. The van der Waals surface area contributed by atoms with Crippen molar-refractivity contribution in [2.45, 2.75) is 5.41 Å². The summed E-state index contributed by atoms with van der Waals surface area (Å²) < 4.78 is 2.38. The third-order valence-electron chi connectivity index (χ3n) is 14.8. The van der Waals surface area contributed by atoms with Crippen LogP contribution in [0.5, 0.6) is 0 Å². The molecule has 2 aliphatic rings. The Morgan fingerprint density at radius 1 is 0.261 bits per heavy atom. The van der Waals surface area contributed by atoms with Crippen molar-refractivity contribution in [3.8, 4) is 61.3 Å². The first-order valence-corrected chi connectivity index (χ1v) is 23.9. The molecular weight excluding hydrogens is 833 g/mol. The fraction of sp³-hybridized carbons (Fsp3) is 0.0149. The second-order valence-corrected chi connectivity index (χ2v) is 18.4. The lowest BCUT2D eigenvalue weighted by Gasteiger charge is -2.36. The van der Waals surface area contributed by atoms with Gasteiger partial charge in [-0.2, -0.15) is 0 Å². The molecule has 0 fully saturated rings. The van der Waals surface area contributed by atoms with E-state index >= 15 is 0 Å². The van der Waals surface area contributed by atoms with Crippen molar-refractivity contribution >= 4 is 38.9 Å². The van der Waals surface area contributed by atoms with Crippen molar-refractivity contribution in [2.24, 2.45) is 0 Å². The maximum absolute atomic E-state index is 2.49. The van der Waals surface area contributed by atoms with E-state index in [9.17, 15) is 0 Å². The normalized spacial score (nSPS) is 12.8. The number of anilines is 3. The fourth-order valence-corrected chi connectivity index (χ4v) is 11.9. The molecule has 2 heteroatoms. The molecule has 1 aromatic heterocycles. The van der Waals surface area contributed by atoms with Crippen LogP contribution in [0.4, 0.5) is 17.1 Å². The van der Waals surface area contributed by atoms with Crippen molar-refractivity contribution in [1.29, 1.82) is 0 Å². The van der Waals surface area contributed by atoms with Crippen molar-refractivity contribution in [3.63, 3.8) is 0 Å². The van der Waals surface area contributed by atoms with Crippen molar-refractivity contribution in [3.05, 3.63) is 289 Å². The highest BCUT2D eigenvalue weighted by atomic mass is 15.1. The van der Waals surface area contributed by atoms with Crippen LogP contribution in [-0.2, 0) is 5.41 Å². The van der Waals surface area contributed by atoms with Crippen LogP contribution in [0.3, 0.4) is 0 Å². The summed E-state index contributed by atoms with van der Waals surface area (Å²) in [6.45, 7) is 0. The standard InChI is InChI=1S/C67H44N2/c1-3-17-45(18-4-1)46-31-36-50(37-32-46)68(51-38-33-47(34-39-51)48-35-42-66-60(43-48)59-26-12-16-30-65(59)69(66)49-19-5-2-6-20-49)52-40-41-58-57-25-11-15-29-63(57)67(64(58)44-52)61-27-13-9-23-55(61)53-21-7-8-22-54(53)56-24-10-14-28-62(56)67/h1-44H. The minimum Gasteiger partial charge on any atom is -0.310 e. The van der Waals surface area contributed by atoms with Crippen LogP contribution in [-0.4, -0.2) is 4.57 Å². The number of fused-ring (bicyclic) bond motifs is 15. The number of hydrogen-bond donors (Lipinski definition) is 0. The van der Waals surface area contributed by atoms with Crippen LogP contribution in [0.1, 0.15) is 22.3 Å². The SMILES string of the molecule is c1ccc(-c2ccc(N(c3ccc(-c4ccc5c(c4)c4ccccc4n5-c4ccccc4)cc3)c3ccc4c(c3)C3(c5ccccc5-c5ccccc5-c5ccccc53)c3ccccc3-4)cc2)cc1. The Morgan fingerprint density at radius 3 is 1.29 bits per heavy atom. The third-order valence-corrected chi connectivity index (χ3v) is 14.8. The van der Waals surface area contributed by atoms with Crippen molar-refractivity contribution in [2.75, 3.05) is 4.90 Å². The van der Waals surface area contributed by atoms with Crippen LogP contribution in [0.2, 0.25) is 0 Å². The Bertz CT molecular complexity index is 3870. The molecule has 0 radical (unpaired) electrons. The lowest BCUT2D eigenvalue weighted by atomic mass is 9.66. The molecule has 14 rings (SSSR count). The van der Waals surface area contributed by atoms with Gasteiger partial charge >= 0.3 is 0 Å². The molecule has 0 unspecified atom stereocenters. The lowest BCUT2D eigenvalue weighted by molar-refractivity contribution is 0.775. The van der Waals surface area contributed by atoms with Gasteiger partial charge in [-0.05, 0) is 145 Å². The number of benzene rings is 11. The van der Waals surface area contributed by atoms with E-state index in [0.717, 1.165) is 22.7 Å². The quantitative estimate of drug-likeness (QED) is 0.162. The highest BCUT2D eigenvalue weighted by molar-refractivity contribution is 6.10. The largest absolute Gasteiger partial charge is 0.310 e. The number of hydrogen-bond acceptors (Lipinski definition) is 1. The zero-order valence-electron chi connectivity index (χ0n) is 37.8. The van der Waals surface area contributed by atoms with Crippen molar-refractivity contribution < 1.29 is 0 Å². The monoisotopic (exact) mass is 876 g/mol. The first-order valence-electron chi connectivity index (χ1n) is 23.9.